The maximum Gasteiger partial charge on any atom is 0.243 e. The van der Waals surface area contributed by atoms with Gasteiger partial charge in [0.2, 0.25) is 17.8 Å². The Morgan fingerprint density at radius 2 is 1.65 bits per heavy atom. The van der Waals surface area contributed by atoms with Crippen LogP contribution in [0.2, 0.25) is 0 Å². The number of amides is 2. The first-order chi connectivity index (χ1) is 35.6. The number of thiazole rings is 1. The van der Waals surface area contributed by atoms with E-state index >= 15 is 0 Å². The van der Waals surface area contributed by atoms with Crippen molar-refractivity contribution in [1.29, 1.82) is 5.41 Å². The number of likely N-dealkylation sites (tertiary alicyclic amines) is 2. The van der Waals surface area contributed by atoms with Crippen molar-refractivity contribution >= 4 is 46.4 Å². The Morgan fingerprint density at radius 3 is 2.30 bits per heavy atom. The number of aryl methyl sites for hydroxylation is 1. The van der Waals surface area contributed by atoms with Gasteiger partial charge >= 0.3 is 0 Å². The largest absolute Gasteiger partial charge is 0.507 e. The van der Waals surface area contributed by atoms with Crippen LogP contribution in [0.15, 0.2) is 84.5 Å². The predicted molar refractivity (Wildman–Crippen MR) is 283 cm³/mol. The fourth-order valence-corrected chi connectivity index (χ4v) is 12.0. The van der Waals surface area contributed by atoms with Crippen molar-refractivity contribution in [2.24, 2.45) is 23.3 Å². The van der Waals surface area contributed by atoms with Crippen LogP contribution in [0.3, 0.4) is 0 Å². The Labute approximate surface area is 435 Å². The molecule has 9 N–H and O–H groups in total. The van der Waals surface area contributed by atoms with Gasteiger partial charge in [0.05, 0.1) is 39.6 Å². The molecule has 390 valence electrons. The second-order valence-electron chi connectivity index (χ2n) is 20.5. The third kappa shape index (κ3) is 11.5. The number of aliphatic hydroxyl groups excluding tert-OH is 1. The minimum Gasteiger partial charge on any atom is -0.507 e. The van der Waals surface area contributed by atoms with Crippen molar-refractivity contribution in [2.75, 3.05) is 43.0 Å². The van der Waals surface area contributed by atoms with E-state index in [1.807, 2.05) is 62.1 Å². The minimum atomic E-state index is -1.12. The van der Waals surface area contributed by atoms with E-state index < -0.39 is 41.6 Å². The van der Waals surface area contributed by atoms with Crippen LogP contribution in [0.5, 0.6) is 5.75 Å². The van der Waals surface area contributed by atoms with Gasteiger partial charge in [0, 0.05) is 61.7 Å². The van der Waals surface area contributed by atoms with Gasteiger partial charge < -0.3 is 46.9 Å². The molecular formula is C54H67N13O6S. The number of aromatic nitrogens is 5. The van der Waals surface area contributed by atoms with Crippen molar-refractivity contribution in [1.82, 2.24) is 40.3 Å². The Kier molecular flexibility index (Phi) is 15.8. The lowest BCUT2D eigenvalue weighted by Crippen LogP contribution is -2.50. The molecule has 2 aromatic carbocycles. The molecule has 7 heterocycles. The molecule has 19 nitrogen and oxygen atoms in total. The highest BCUT2D eigenvalue weighted by Crippen LogP contribution is 2.40. The topological polar surface area (TPSA) is 275 Å². The monoisotopic (exact) mass is 1030 g/mol. The summed E-state index contributed by atoms with van der Waals surface area (Å²) in [6, 6.07) is 16.0. The fraction of sp³-hybridized carbons (Fsp3) is 0.463. The van der Waals surface area contributed by atoms with Crippen LogP contribution in [-0.4, -0.2) is 132 Å². The number of ketones is 1. The Balaban J connectivity index is 0.726. The van der Waals surface area contributed by atoms with Gasteiger partial charge in [-0.25, -0.2) is 15.0 Å². The Morgan fingerprint density at radius 1 is 0.946 bits per heavy atom. The number of β-amino-alcohol motifs (C(OH)–C–C–N with tert-alkyl or cyclic N) is 1. The lowest BCUT2D eigenvalue weighted by molar-refractivity contribution is -0.146. The van der Waals surface area contributed by atoms with E-state index in [-0.39, 0.29) is 66.9 Å². The second-order valence-corrected chi connectivity index (χ2v) is 21.3. The number of aromatic hydroxyl groups is 1. The summed E-state index contributed by atoms with van der Waals surface area (Å²) < 4.78 is 5.82. The first-order valence-electron chi connectivity index (χ1n) is 25.6. The van der Waals surface area contributed by atoms with Gasteiger partial charge in [-0.05, 0) is 112 Å². The number of allylic oxidation sites excluding steroid dienone is 1. The Hall–Kier alpha value is -7.03. The van der Waals surface area contributed by atoms with E-state index in [0.29, 0.717) is 29.4 Å². The third-order valence-corrected chi connectivity index (χ3v) is 16.1. The number of aliphatic hydroxyl groups is 1. The molecule has 0 saturated carbocycles. The molecule has 4 aliphatic heterocycles. The number of rotatable bonds is 18. The van der Waals surface area contributed by atoms with Crippen LogP contribution in [0, 0.1) is 24.2 Å². The highest BCUT2D eigenvalue weighted by molar-refractivity contribution is 7.13. The number of nitrogens with zero attached hydrogens (tertiary/aromatic N) is 8. The molecule has 5 aromatic rings. The first kappa shape index (κ1) is 51.9. The number of ether oxygens (including phenoxy) is 1. The number of para-hydroxylation sites is 1. The molecule has 0 radical (unpaired) electrons. The van der Waals surface area contributed by atoms with E-state index in [9.17, 15) is 24.6 Å². The lowest BCUT2D eigenvalue weighted by atomic mass is 9.89. The smallest absolute Gasteiger partial charge is 0.243 e. The van der Waals surface area contributed by atoms with Crippen LogP contribution in [0.25, 0.3) is 21.7 Å². The van der Waals surface area contributed by atoms with Gasteiger partial charge in [-0.1, -0.05) is 50.2 Å². The van der Waals surface area contributed by atoms with Crippen molar-refractivity contribution < 1.29 is 29.3 Å². The lowest BCUT2D eigenvalue weighted by Gasteiger charge is -2.39. The molecule has 2 bridgehead atoms. The zero-order valence-electron chi connectivity index (χ0n) is 42.4. The maximum atomic E-state index is 14.1. The zero-order valence-corrected chi connectivity index (χ0v) is 43.2. The SMILES string of the molecule is Cc1ncsc1-c1ccc([C@H](C)NC(=O)[C@@H]2C[C@@H](O)CN2C(=O)C(C(=O)C=C(N)OCCN2CCC(c3cnc(N4C5CCC4CC(Nc4cc(-c6ccccc6O)nnc4C(=N)N)C5)nc3)CC2)C(C)C)cc1. The second kappa shape index (κ2) is 22.6. The van der Waals surface area contributed by atoms with Gasteiger partial charge in [0.1, 0.15) is 30.2 Å². The standard InChI is InChI=1S/C54H67N13O6S/c1-30(2)48(53(72)66-28-40(68)23-44(66)52(71)61-31(3)33-9-11-35(12-10-33)50-32(4)60-29-74-50)46(70)25-47(55)73-20-19-65-17-15-34(16-18-65)36-26-58-54(59-27-36)67-38-13-14-39(67)22-37(21-38)62-43-24-42(63-64-49(43)51(56)57)41-7-5-6-8-45(41)69/h5-12,24-27,29-31,34,37-40,44,48,68-69H,13-23,28,55H2,1-4H3,(H3,56,57)(H,61,71)(H,62,63)/t31-,37?,38?,39?,40+,44-,48?/m0/s1. The first-order valence-corrected chi connectivity index (χ1v) is 26.5. The van der Waals surface area contributed by atoms with E-state index in [2.05, 4.69) is 35.6 Å². The number of nitrogens with one attached hydrogen (secondary N) is 3. The number of nitrogens with two attached hydrogens (primary N) is 2. The molecular weight excluding hydrogens is 959 g/mol. The van der Waals surface area contributed by atoms with E-state index in [1.54, 1.807) is 49.4 Å². The molecule has 2 amide bonds. The zero-order chi connectivity index (χ0) is 52.2. The Bertz CT molecular complexity index is 2840. The van der Waals surface area contributed by atoms with Crippen molar-refractivity contribution in [2.45, 2.75) is 115 Å². The molecule has 9 rings (SSSR count). The molecule has 20 heteroatoms. The average molecular weight is 1030 g/mol. The number of anilines is 2. The molecule has 4 saturated heterocycles. The highest BCUT2D eigenvalue weighted by Gasteiger charge is 2.45. The number of nitrogen functional groups attached to an aromatic ring is 1. The predicted octanol–water partition coefficient (Wildman–Crippen LogP) is 5.64. The highest BCUT2D eigenvalue weighted by atomic mass is 32.1. The molecule has 0 spiro atoms. The molecule has 4 fully saturated rings. The van der Waals surface area contributed by atoms with Crippen molar-refractivity contribution in [3.05, 3.63) is 107 Å². The molecule has 74 heavy (non-hydrogen) atoms. The number of hydrogen-bond acceptors (Lipinski definition) is 17. The summed E-state index contributed by atoms with van der Waals surface area (Å²) in [4.78, 5) is 62.7. The van der Waals surface area contributed by atoms with Crippen LogP contribution < -0.4 is 27.0 Å². The normalized spacial score (nSPS) is 22.1. The van der Waals surface area contributed by atoms with Gasteiger partial charge in [-0.2, -0.15) is 0 Å². The molecule has 4 aliphatic rings. The number of amidine groups is 1. The third-order valence-electron chi connectivity index (χ3n) is 15.1. The maximum absolute atomic E-state index is 14.1. The number of hydrogen-bond donors (Lipinski definition) is 7. The summed E-state index contributed by atoms with van der Waals surface area (Å²) in [6.45, 7) is 9.88. The summed E-state index contributed by atoms with van der Waals surface area (Å²) in [5.41, 5.74) is 19.9. The van der Waals surface area contributed by atoms with Gasteiger partial charge in [0.25, 0.3) is 0 Å². The van der Waals surface area contributed by atoms with Gasteiger partial charge in [-0.3, -0.25) is 24.7 Å². The van der Waals surface area contributed by atoms with E-state index in [4.69, 9.17) is 31.6 Å². The number of piperidine rings is 2. The van der Waals surface area contributed by atoms with Crippen molar-refractivity contribution in [3.8, 4) is 27.4 Å². The van der Waals surface area contributed by atoms with E-state index in [1.165, 1.54) is 11.0 Å². The molecule has 6 atom stereocenters. The van der Waals surface area contributed by atoms with Crippen LogP contribution in [0.1, 0.15) is 100 Å². The fourth-order valence-electron chi connectivity index (χ4n) is 11.2. The summed E-state index contributed by atoms with van der Waals surface area (Å²) in [6.07, 6.45) is 9.89. The number of benzene rings is 2. The molecule has 3 unspecified atom stereocenters. The van der Waals surface area contributed by atoms with Crippen LogP contribution in [-0.2, 0) is 19.1 Å². The van der Waals surface area contributed by atoms with Gasteiger partial charge in [-0.15, -0.1) is 21.5 Å². The number of carbonyl (C=O) groups is 3. The number of fused-ring (bicyclic) bond motifs is 2. The summed E-state index contributed by atoms with van der Waals surface area (Å²) in [7, 11) is 0. The number of carbonyl (C=O) groups excluding carboxylic acids is 3. The van der Waals surface area contributed by atoms with Gasteiger partial charge in [0.15, 0.2) is 17.4 Å². The summed E-state index contributed by atoms with van der Waals surface area (Å²) in [5.74, 6) is -2.07. The van der Waals surface area contributed by atoms with E-state index in [0.717, 1.165) is 84.8 Å². The van der Waals surface area contributed by atoms with Crippen LogP contribution in [0.4, 0.5) is 11.6 Å². The van der Waals surface area contributed by atoms with Crippen molar-refractivity contribution in [3.63, 3.8) is 0 Å². The quantitative estimate of drug-likeness (QED) is 0.0184. The minimum absolute atomic E-state index is 0.0569. The molecule has 3 aromatic heterocycles. The van der Waals surface area contributed by atoms with Crippen LogP contribution >= 0.6 is 11.3 Å². The summed E-state index contributed by atoms with van der Waals surface area (Å²) >= 11 is 1.57. The average Bonchev–Trinajstić information content (AvgIpc) is 4.08. The number of phenolic OH excluding ortho intramolecular Hbond substituents is 1. The number of phenols is 1. The molecule has 0 aliphatic carbocycles. The summed E-state index contributed by atoms with van der Waals surface area (Å²) in [5, 5.41) is 44.4.